The van der Waals surface area contributed by atoms with E-state index in [1.165, 1.54) is 0 Å². The molecule has 0 fully saturated rings. The van der Waals surface area contributed by atoms with Crippen LogP contribution in [0.3, 0.4) is 0 Å². The molecule has 0 saturated carbocycles. The number of rotatable bonds is 6. The van der Waals surface area contributed by atoms with Gasteiger partial charge in [0.25, 0.3) is 0 Å². The van der Waals surface area contributed by atoms with E-state index in [0.29, 0.717) is 0 Å². The summed E-state index contributed by atoms with van der Waals surface area (Å²) < 4.78 is 15.8. The highest BCUT2D eigenvalue weighted by Gasteiger charge is 2.08. The molecule has 1 atom stereocenters. The van der Waals surface area contributed by atoms with Crippen LogP contribution in [0.25, 0.3) is 0 Å². The van der Waals surface area contributed by atoms with Gasteiger partial charge in [-0.2, -0.15) is 0 Å². The van der Waals surface area contributed by atoms with Gasteiger partial charge in [-0.1, -0.05) is 0 Å². The fourth-order valence-electron chi connectivity index (χ4n) is 1.96. The molecule has 0 amide bonds. The fraction of sp³-hybridized carbons (Fsp3) is 0.333. The van der Waals surface area contributed by atoms with Crippen LogP contribution in [0.2, 0.25) is 0 Å². The topological polar surface area (TPSA) is 43.6 Å². The highest BCUT2D eigenvalue weighted by atomic mass is 16.5. The van der Waals surface area contributed by atoms with Gasteiger partial charge in [-0.05, 0) is 19.1 Å². The van der Waals surface area contributed by atoms with Gasteiger partial charge >= 0.3 is 0 Å². The molecule has 1 aromatic carbocycles. The van der Waals surface area contributed by atoms with Gasteiger partial charge in [0.15, 0.2) is 0 Å². The Balaban J connectivity index is 2.05. The van der Waals surface area contributed by atoms with Crippen LogP contribution in [0.1, 0.15) is 12.7 Å². The van der Waals surface area contributed by atoms with Gasteiger partial charge in [0.2, 0.25) is 0 Å². The van der Waals surface area contributed by atoms with Crippen molar-refractivity contribution >= 4 is 5.69 Å². The predicted octanol–water partition coefficient (Wildman–Crippen LogP) is 3.34. The molecule has 1 N–H and O–H groups in total. The maximum absolute atomic E-state index is 5.34. The third kappa shape index (κ3) is 3.68. The molecule has 2 rings (SSSR count). The standard InChI is InChI=1S/C15H19NO3/c1-11(7-13-5-4-6-19-13)16-12-8-14(17-2)10-15(9-12)18-3/h4-6,8-11,16H,7H2,1-3H3. The Morgan fingerprint density at radius 2 is 1.84 bits per heavy atom. The Bertz CT molecular complexity index is 486. The Kier molecular flexibility index (Phi) is 4.34. The first-order chi connectivity index (χ1) is 9.21. The minimum Gasteiger partial charge on any atom is -0.497 e. The van der Waals surface area contributed by atoms with E-state index in [9.17, 15) is 0 Å². The molecule has 102 valence electrons. The summed E-state index contributed by atoms with van der Waals surface area (Å²) in [4.78, 5) is 0. The first kappa shape index (κ1) is 13.3. The number of benzene rings is 1. The molecule has 0 bridgehead atoms. The Morgan fingerprint density at radius 3 is 2.37 bits per heavy atom. The SMILES string of the molecule is COc1cc(NC(C)Cc2ccco2)cc(OC)c1. The molecule has 1 aromatic heterocycles. The third-order valence-corrected chi connectivity index (χ3v) is 2.85. The molecule has 1 heterocycles. The average Bonchev–Trinajstić information content (AvgIpc) is 2.90. The lowest BCUT2D eigenvalue weighted by atomic mass is 10.2. The fourth-order valence-corrected chi connectivity index (χ4v) is 1.96. The summed E-state index contributed by atoms with van der Waals surface area (Å²) in [6, 6.07) is 9.87. The molecule has 0 radical (unpaired) electrons. The van der Waals surface area contributed by atoms with E-state index in [1.807, 2.05) is 30.3 Å². The van der Waals surface area contributed by atoms with E-state index >= 15 is 0 Å². The second kappa shape index (κ2) is 6.18. The number of anilines is 1. The minimum absolute atomic E-state index is 0.253. The second-order valence-corrected chi connectivity index (χ2v) is 4.43. The minimum atomic E-state index is 0.253. The summed E-state index contributed by atoms with van der Waals surface area (Å²) in [5.74, 6) is 2.51. The Hall–Kier alpha value is -2.10. The van der Waals surface area contributed by atoms with E-state index < -0.39 is 0 Å². The lowest BCUT2D eigenvalue weighted by Gasteiger charge is -2.15. The highest BCUT2D eigenvalue weighted by Crippen LogP contribution is 2.26. The molecule has 0 saturated heterocycles. The average molecular weight is 261 g/mol. The maximum Gasteiger partial charge on any atom is 0.124 e. The van der Waals surface area contributed by atoms with Gasteiger partial charge in [0.05, 0.1) is 20.5 Å². The number of nitrogens with one attached hydrogen (secondary N) is 1. The van der Waals surface area contributed by atoms with Crippen molar-refractivity contribution in [3.05, 3.63) is 42.4 Å². The molecule has 0 aliphatic heterocycles. The van der Waals surface area contributed by atoms with Crippen LogP contribution in [-0.2, 0) is 6.42 Å². The van der Waals surface area contributed by atoms with Crippen molar-refractivity contribution in [2.45, 2.75) is 19.4 Å². The zero-order chi connectivity index (χ0) is 13.7. The maximum atomic E-state index is 5.34. The smallest absolute Gasteiger partial charge is 0.124 e. The van der Waals surface area contributed by atoms with Crippen molar-refractivity contribution in [3.63, 3.8) is 0 Å². The first-order valence-corrected chi connectivity index (χ1v) is 6.23. The van der Waals surface area contributed by atoms with Crippen LogP contribution in [0.5, 0.6) is 11.5 Å². The zero-order valence-corrected chi connectivity index (χ0v) is 11.5. The molecule has 0 aliphatic rings. The molecular formula is C15H19NO3. The number of ether oxygens (including phenoxy) is 2. The van der Waals surface area contributed by atoms with Crippen molar-refractivity contribution in [3.8, 4) is 11.5 Å². The van der Waals surface area contributed by atoms with Crippen LogP contribution in [0.15, 0.2) is 41.0 Å². The van der Waals surface area contributed by atoms with E-state index in [0.717, 1.165) is 29.4 Å². The van der Waals surface area contributed by atoms with Gasteiger partial charge in [0.1, 0.15) is 17.3 Å². The number of hydrogen-bond donors (Lipinski definition) is 1. The third-order valence-electron chi connectivity index (χ3n) is 2.85. The second-order valence-electron chi connectivity index (χ2n) is 4.43. The molecular weight excluding hydrogens is 242 g/mol. The molecule has 4 heteroatoms. The quantitative estimate of drug-likeness (QED) is 0.866. The summed E-state index contributed by atoms with van der Waals surface area (Å²) >= 11 is 0. The van der Waals surface area contributed by atoms with E-state index in [2.05, 4.69) is 12.2 Å². The summed E-state index contributed by atoms with van der Waals surface area (Å²) in [6.07, 6.45) is 2.52. The Morgan fingerprint density at radius 1 is 1.16 bits per heavy atom. The van der Waals surface area contributed by atoms with Crippen LogP contribution < -0.4 is 14.8 Å². The van der Waals surface area contributed by atoms with Crippen LogP contribution in [0, 0.1) is 0 Å². The summed E-state index contributed by atoms with van der Waals surface area (Å²) in [5, 5.41) is 3.41. The summed E-state index contributed by atoms with van der Waals surface area (Å²) in [7, 11) is 3.29. The van der Waals surface area contributed by atoms with Crippen LogP contribution in [-0.4, -0.2) is 20.3 Å². The molecule has 19 heavy (non-hydrogen) atoms. The number of furan rings is 1. The van der Waals surface area contributed by atoms with Crippen molar-refractivity contribution in [2.24, 2.45) is 0 Å². The zero-order valence-electron chi connectivity index (χ0n) is 11.5. The van der Waals surface area contributed by atoms with Gasteiger partial charge in [-0.25, -0.2) is 0 Å². The molecule has 0 aliphatic carbocycles. The molecule has 4 nitrogen and oxygen atoms in total. The van der Waals surface area contributed by atoms with Gasteiger partial charge in [0, 0.05) is 36.3 Å². The van der Waals surface area contributed by atoms with Gasteiger partial charge < -0.3 is 19.2 Å². The van der Waals surface area contributed by atoms with Gasteiger partial charge in [-0.15, -0.1) is 0 Å². The highest BCUT2D eigenvalue weighted by molar-refractivity contribution is 5.54. The molecule has 0 spiro atoms. The monoisotopic (exact) mass is 261 g/mol. The van der Waals surface area contributed by atoms with Crippen molar-refractivity contribution < 1.29 is 13.9 Å². The predicted molar refractivity (Wildman–Crippen MR) is 75.0 cm³/mol. The van der Waals surface area contributed by atoms with Crippen LogP contribution >= 0.6 is 0 Å². The van der Waals surface area contributed by atoms with E-state index in [-0.39, 0.29) is 6.04 Å². The van der Waals surface area contributed by atoms with Gasteiger partial charge in [-0.3, -0.25) is 0 Å². The largest absolute Gasteiger partial charge is 0.497 e. The van der Waals surface area contributed by atoms with E-state index in [1.54, 1.807) is 20.5 Å². The summed E-state index contributed by atoms with van der Waals surface area (Å²) in [6.45, 7) is 2.11. The molecule has 1 unspecified atom stereocenters. The van der Waals surface area contributed by atoms with Crippen molar-refractivity contribution in [2.75, 3.05) is 19.5 Å². The lowest BCUT2D eigenvalue weighted by molar-refractivity contribution is 0.394. The number of hydrogen-bond acceptors (Lipinski definition) is 4. The van der Waals surface area contributed by atoms with Crippen LogP contribution in [0.4, 0.5) is 5.69 Å². The molecule has 2 aromatic rings. The Labute approximate surface area is 113 Å². The van der Waals surface area contributed by atoms with Crippen molar-refractivity contribution in [1.29, 1.82) is 0 Å². The normalized spacial score (nSPS) is 11.9. The van der Waals surface area contributed by atoms with Crippen molar-refractivity contribution in [1.82, 2.24) is 0 Å². The first-order valence-electron chi connectivity index (χ1n) is 6.23. The number of methoxy groups -OCH3 is 2. The van der Waals surface area contributed by atoms with E-state index in [4.69, 9.17) is 13.9 Å². The lowest BCUT2D eigenvalue weighted by Crippen LogP contribution is -2.17. The summed E-state index contributed by atoms with van der Waals surface area (Å²) in [5.41, 5.74) is 0.968.